The van der Waals surface area contributed by atoms with E-state index in [-0.39, 0.29) is 11.8 Å². The number of nitrogens with one attached hydrogen (secondary N) is 1. The van der Waals surface area contributed by atoms with E-state index < -0.39 is 11.9 Å². The van der Waals surface area contributed by atoms with Crippen molar-refractivity contribution in [1.29, 1.82) is 0 Å². The van der Waals surface area contributed by atoms with Crippen molar-refractivity contribution in [3.8, 4) is 0 Å². The highest BCUT2D eigenvalue weighted by atomic mass is 16.4. The van der Waals surface area contributed by atoms with Crippen LogP contribution in [0.25, 0.3) is 0 Å². The largest absolute Gasteiger partial charge is 0.481 e. The maximum absolute atomic E-state index is 11.9. The Balaban J connectivity index is 1.47. The third-order valence-electron chi connectivity index (χ3n) is 4.79. The van der Waals surface area contributed by atoms with Gasteiger partial charge in [0, 0.05) is 6.04 Å². The molecule has 0 aliphatic heterocycles. The summed E-state index contributed by atoms with van der Waals surface area (Å²) in [5.41, 5.74) is 0. The van der Waals surface area contributed by atoms with Gasteiger partial charge in [-0.1, -0.05) is 12.8 Å². The van der Waals surface area contributed by atoms with Crippen LogP contribution in [0.3, 0.4) is 0 Å². The molecule has 4 nitrogen and oxygen atoms in total. The van der Waals surface area contributed by atoms with E-state index >= 15 is 0 Å². The number of aliphatic carboxylic acids is 1. The van der Waals surface area contributed by atoms with E-state index in [2.05, 4.69) is 5.32 Å². The van der Waals surface area contributed by atoms with Crippen molar-refractivity contribution in [3.63, 3.8) is 0 Å². The second kappa shape index (κ2) is 4.56. The maximum atomic E-state index is 11.9. The number of rotatable bonds is 4. The molecule has 3 aliphatic carbocycles. The van der Waals surface area contributed by atoms with E-state index in [1.807, 2.05) is 0 Å². The van der Waals surface area contributed by atoms with Crippen molar-refractivity contribution in [1.82, 2.24) is 5.32 Å². The van der Waals surface area contributed by atoms with Crippen LogP contribution in [-0.4, -0.2) is 23.0 Å². The molecular weight excluding hydrogens is 230 g/mol. The molecule has 4 atom stereocenters. The van der Waals surface area contributed by atoms with Crippen LogP contribution in [0.1, 0.15) is 44.9 Å². The third-order valence-corrected chi connectivity index (χ3v) is 4.79. The minimum absolute atomic E-state index is 0.0242. The first-order valence-electron chi connectivity index (χ1n) is 7.18. The first kappa shape index (κ1) is 12.0. The first-order valence-corrected chi connectivity index (χ1v) is 7.18. The molecule has 4 heteroatoms. The van der Waals surface area contributed by atoms with Gasteiger partial charge in [0.05, 0.1) is 11.8 Å². The van der Waals surface area contributed by atoms with Crippen molar-refractivity contribution in [2.75, 3.05) is 0 Å². The van der Waals surface area contributed by atoms with Gasteiger partial charge in [0.2, 0.25) is 5.91 Å². The average Bonchev–Trinajstić information content (AvgIpc) is 3.20. The SMILES string of the molecule is O=C(N[C@@H]1CCC[C@H](C2CC2)C1)[C@H]1C[C@H]1C(=O)O. The van der Waals surface area contributed by atoms with E-state index in [0.29, 0.717) is 12.5 Å². The molecular formula is C14H21NO3. The van der Waals surface area contributed by atoms with Gasteiger partial charge in [-0.15, -0.1) is 0 Å². The zero-order valence-corrected chi connectivity index (χ0v) is 10.6. The van der Waals surface area contributed by atoms with Crippen LogP contribution in [0.4, 0.5) is 0 Å². The Hall–Kier alpha value is -1.06. The fourth-order valence-electron chi connectivity index (χ4n) is 3.42. The molecule has 0 aromatic heterocycles. The number of hydrogen-bond donors (Lipinski definition) is 2. The summed E-state index contributed by atoms with van der Waals surface area (Å²) in [7, 11) is 0. The van der Waals surface area contributed by atoms with Crippen molar-refractivity contribution in [2.24, 2.45) is 23.7 Å². The molecule has 3 rings (SSSR count). The molecule has 2 N–H and O–H groups in total. The number of carbonyl (C=O) groups excluding carboxylic acids is 1. The molecule has 0 unspecified atom stereocenters. The Morgan fingerprint density at radius 3 is 2.33 bits per heavy atom. The fourth-order valence-corrected chi connectivity index (χ4v) is 3.42. The van der Waals surface area contributed by atoms with E-state index in [1.54, 1.807) is 0 Å². The van der Waals surface area contributed by atoms with E-state index in [1.165, 1.54) is 25.7 Å². The van der Waals surface area contributed by atoms with E-state index in [9.17, 15) is 9.59 Å². The molecule has 0 aromatic carbocycles. The Morgan fingerprint density at radius 2 is 1.72 bits per heavy atom. The van der Waals surface area contributed by atoms with Crippen molar-refractivity contribution < 1.29 is 14.7 Å². The lowest BCUT2D eigenvalue weighted by Crippen LogP contribution is -2.40. The summed E-state index contributed by atoms with van der Waals surface area (Å²) < 4.78 is 0. The Kier molecular flexibility index (Phi) is 3.04. The molecule has 0 spiro atoms. The number of hydrogen-bond acceptors (Lipinski definition) is 2. The maximum Gasteiger partial charge on any atom is 0.307 e. The minimum Gasteiger partial charge on any atom is -0.481 e. The first-order chi connectivity index (χ1) is 8.65. The summed E-state index contributed by atoms with van der Waals surface area (Å²) in [4.78, 5) is 22.6. The summed E-state index contributed by atoms with van der Waals surface area (Å²) in [6, 6.07) is 0.298. The van der Waals surface area contributed by atoms with Crippen molar-refractivity contribution in [2.45, 2.75) is 51.0 Å². The lowest BCUT2D eigenvalue weighted by molar-refractivity contribution is -0.140. The normalized spacial score (nSPS) is 39.1. The molecule has 0 heterocycles. The molecule has 3 saturated carbocycles. The lowest BCUT2D eigenvalue weighted by Gasteiger charge is -2.29. The Bertz CT molecular complexity index is 364. The van der Waals surface area contributed by atoms with Gasteiger partial charge in [-0.3, -0.25) is 9.59 Å². The van der Waals surface area contributed by atoms with Crippen LogP contribution >= 0.6 is 0 Å². The van der Waals surface area contributed by atoms with E-state index in [4.69, 9.17) is 5.11 Å². The number of carboxylic acid groups (broad SMARTS) is 1. The van der Waals surface area contributed by atoms with Crippen molar-refractivity contribution in [3.05, 3.63) is 0 Å². The van der Waals surface area contributed by atoms with Crippen LogP contribution in [0, 0.1) is 23.7 Å². The van der Waals surface area contributed by atoms with Crippen molar-refractivity contribution >= 4 is 11.9 Å². The average molecular weight is 251 g/mol. The summed E-state index contributed by atoms with van der Waals surface area (Å²) in [6.45, 7) is 0. The highest BCUT2D eigenvalue weighted by Crippen LogP contribution is 2.44. The Morgan fingerprint density at radius 1 is 0.944 bits per heavy atom. The van der Waals surface area contributed by atoms with Gasteiger partial charge >= 0.3 is 5.97 Å². The molecule has 1 amide bonds. The zero-order chi connectivity index (χ0) is 12.7. The fraction of sp³-hybridized carbons (Fsp3) is 0.857. The van der Waals surface area contributed by atoms with Gasteiger partial charge in [0.1, 0.15) is 0 Å². The topological polar surface area (TPSA) is 66.4 Å². The van der Waals surface area contributed by atoms with Gasteiger partial charge in [0.25, 0.3) is 0 Å². The van der Waals surface area contributed by atoms with Gasteiger partial charge in [-0.25, -0.2) is 0 Å². The quantitative estimate of drug-likeness (QED) is 0.800. The van der Waals surface area contributed by atoms with Gasteiger partial charge in [0.15, 0.2) is 0 Å². The molecule has 18 heavy (non-hydrogen) atoms. The van der Waals surface area contributed by atoms with Crippen LogP contribution in [0.2, 0.25) is 0 Å². The summed E-state index contributed by atoms with van der Waals surface area (Å²) in [5, 5.41) is 11.9. The molecule has 100 valence electrons. The third kappa shape index (κ3) is 2.52. The molecule has 3 fully saturated rings. The van der Waals surface area contributed by atoms with E-state index in [0.717, 1.165) is 24.7 Å². The van der Waals surface area contributed by atoms with Gasteiger partial charge in [-0.2, -0.15) is 0 Å². The Labute approximate surface area is 107 Å². The van der Waals surface area contributed by atoms with Crippen LogP contribution in [-0.2, 0) is 9.59 Å². The predicted octanol–water partition coefficient (Wildman–Crippen LogP) is 1.79. The zero-order valence-electron chi connectivity index (χ0n) is 10.6. The second-order valence-electron chi connectivity index (χ2n) is 6.26. The smallest absolute Gasteiger partial charge is 0.307 e. The van der Waals surface area contributed by atoms with Gasteiger partial charge < -0.3 is 10.4 Å². The molecule has 3 aliphatic rings. The monoisotopic (exact) mass is 251 g/mol. The number of carboxylic acids is 1. The molecule has 0 radical (unpaired) electrons. The standard InChI is InChI=1S/C14H21NO3/c16-13(11-7-12(11)14(17)18)15-10-3-1-2-9(6-10)8-4-5-8/h8-12H,1-7H2,(H,15,16)(H,17,18)/t9-,10+,11-,12+/m0/s1. The molecule has 0 bridgehead atoms. The van der Waals surface area contributed by atoms with Gasteiger partial charge in [-0.05, 0) is 43.9 Å². The minimum atomic E-state index is -0.824. The lowest BCUT2D eigenvalue weighted by atomic mass is 9.82. The van der Waals surface area contributed by atoms with Crippen LogP contribution in [0.15, 0.2) is 0 Å². The number of carbonyl (C=O) groups is 2. The summed E-state index contributed by atoms with van der Waals surface area (Å²) in [5.74, 6) is 0.186. The predicted molar refractivity (Wildman–Crippen MR) is 65.8 cm³/mol. The number of amides is 1. The molecule has 0 saturated heterocycles. The second-order valence-corrected chi connectivity index (χ2v) is 6.26. The molecule has 0 aromatic rings. The summed E-state index contributed by atoms with van der Waals surface area (Å²) >= 11 is 0. The summed E-state index contributed by atoms with van der Waals surface area (Å²) in [6.07, 6.45) is 7.97. The highest BCUT2D eigenvalue weighted by Gasteiger charge is 2.48. The van der Waals surface area contributed by atoms with Crippen LogP contribution in [0.5, 0.6) is 0 Å². The van der Waals surface area contributed by atoms with Crippen LogP contribution < -0.4 is 5.32 Å². The highest BCUT2D eigenvalue weighted by molar-refractivity contribution is 5.89.